The van der Waals surface area contributed by atoms with Crippen LogP contribution >= 0.6 is 22.6 Å². The summed E-state index contributed by atoms with van der Waals surface area (Å²) in [5, 5.41) is 9.18. The Morgan fingerprint density at radius 3 is 1.61 bits per heavy atom. The zero-order valence-corrected chi connectivity index (χ0v) is 24.6. The second kappa shape index (κ2) is 18.1. The van der Waals surface area contributed by atoms with Gasteiger partial charge < -0.3 is 24.1 Å². The van der Waals surface area contributed by atoms with Crippen LogP contribution in [0.3, 0.4) is 0 Å². The maximum absolute atomic E-state index is 11.1. The van der Waals surface area contributed by atoms with E-state index in [2.05, 4.69) is 34.4 Å². The van der Waals surface area contributed by atoms with Gasteiger partial charge in [0.25, 0.3) is 0 Å². The Hall–Kier alpha value is -3.21. The molecular weight excluding hydrogens is 599 g/mol. The van der Waals surface area contributed by atoms with Crippen molar-refractivity contribution in [2.75, 3.05) is 13.2 Å². The zero-order chi connectivity index (χ0) is 28.5. The van der Waals surface area contributed by atoms with Crippen molar-refractivity contribution in [2.45, 2.75) is 64.4 Å². The Balaban J connectivity index is 0.000000380. The van der Waals surface area contributed by atoms with Gasteiger partial charge in [0.2, 0.25) is 0 Å². The van der Waals surface area contributed by atoms with E-state index in [0.717, 1.165) is 34.0 Å². The molecule has 0 heterocycles. The lowest BCUT2D eigenvalue weighted by Gasteiger charge is -2.14. The first kappa shape index (κ1) is 32.8. The molecule has 204 valence electrons. The quantitative estimate of drug-likeness (QED) is 0.0783. The van der Waals surface area contributed by atoms with E-state index in [1.165, 1.54) is 13.8 Å². The molecule has 0 aliphatic carbocycles. The smallest absolute Gasteiger partial charge is 0.308 e. The monoisotopic (exact) mass is 634 g/mol. The molecule has 0 unspecified atom stereocenters. The first-order valence-corrected chi connectivity index (χ1v) is 13.6. The summed E-state index contributed by atoms with van der Waals surface area (Å²) in [5.41, 5.74) is 3.49. The molecule has 38 heavy (non-hydrogen) atoms. The number of ether oxygens (including phenoxy) is 4. The van der Waals surface area contributed by atoms with Crippen molar-refractivity contribution in [3.05, 3.63) is 46.5 Å². The number of aliphatic hydroxyl groups excluding tert-OH is 1. The standard InChI is InChI=1S/C15H17IO3.C15H18O4/c2*1-4-5-6-7-18-14-9-13(10-16)8-11(2)15(14)19-12(3)17/h1,8-9H,5-7,10H2,2-3H3;1,8-9,16H,5-7,10H2,2-3H3. The average Bonchev–Trinajstić information content (AvgIpc) is 2.87. The fourth-order valence-corrected chi connectivity index (χ4v) is 3.71. The second-order valence-corrected chi connectivity index (χ2v) is 9.03. The first-order valence-electron chi connectivity index (χ1n) is 12.1. The Kier molecular flexibility index (Phi) is 15.6. The van der Waals surface area contributed by atoms with E-state index in [9.17, 15) is 14.7 Å². The maximum Gasteiger partial charge on any atom is 0.308 e. The molecule has 0 saturated heterocycles. The van der Waals surface area contributed by atoms with E-state index in [-0.39, 0.29) is 12.6 Å². The lowest BCUT2D eigenvalue weighted by Crippen LogP contribution is -2.07. The average molecular weight is 635 g/mol. The minimum absolute atomic E-state index is 0.0953. The molecule has 0 spiro atoms. The summed E-state index contributed by atoms with van der Waals surface area (Å²) in [6, 6.07) is 7.33. The van der Waals surface area contributed by atoms with Crippen LogP contribution in [0.1, 0.15) is 61.8 Å². The molecule has 0 bridgehead atoms. The van der Waals surface area contributed by atoms with Crippen molar-refractivity contribution >= 4 is 34.5 Å². The van der Waals surface area contributed by atoms with Gasteiger partial charge in [0.1, 0.15) is 0 Å². The number of terminal acetylenes is 2. The lowest BCUT2D eigenvalue weighted by atomic mass is 10.1. The van der Waals surface area contributed by atoms with Crippen LogP contribution in [0, 0.1) is 38.5 Å². The third kappa shape index (κ3) is 11.9. The summed E-state index contributed by atoms with van der Waals surface area (Å²) >= 11 is 2.29. The number of esters is 2. The molecule has 8 heteroatoms. The maximum atomic E-state index is 11.1. The number of aryl methyl sites for hydroxylation is 2. The molecule has 2 aromatic rings. The molecule has 1 N–H and O–H groups in total. The lowest BCUT2D eigenvalue weighted by molar-refractivity contribution is -0.133. The van der Waals surface area contributed by atoms with Gasteiger partial charge in [-0.05, 0) is 67.1 Å². The second-order valence-electron chi connectivity index (χ2n) is 8.27. The highest BCUT2D eigenvalue weighted by Crippen LogP contribution is 2.34. The van der Waals surface area contributed by atoms with Gasteiger partial charge in [0.15, 0.2) is 23.0 Å². The number of rotatable bonds is 12. The van der Waals surface area contributed by atoms with Gasteiger partial charge >= 0.3 is 11.9 Å². The van der Waals surface area contributed by atoms with Crippen LogP contribution in [0.25, 0.3) is 0 Å². The number of carbonyl (C=O) groups excluding carboxylic acids is 2. The number of halogens is 1. The van der Waals surface area contributed by atoms with E-state index in [1.54, 1.807) is 19.1 Å². The van der Waals surface area contributed by atoms with Crippen molar-refractivity contribution in [1.29, 1.82) is 0 Å². The molecule has 0 aromatic heterocycles. The molecule has 0 atom stereocenters. The molecule has 0 aliphatic heterocycles. The van der Waals surface area contributed by atoms with Crippen molar-refractivity contribution < 1.29 is 33.6 Å². The normalized spacial score (nSPS) is 9.79. The van der Waals surface area contributed by atoms with E-state index in [1.807, 2.05) is 19.1 Å². The molecule has 2 aromatic carbocycles. The molecule has 0 radical (unpaired) electrons. The molecule has 0 fully saturated rings. The minimum atomic E-state index is -0.409. The van der Waals surface area contributed by atoms with Crippen molar-refractivity contribution in [3.63, 3.8) is 0 Å². The Morgan fingerprint density at radius 2 is 1.24 bits per heavy atom. The molecule has 0 saturated carbocycles. The molecule has 2 rings (SSSR count). The summed E-state index contributed by atoms with van der Waals surface area (Å²) < 4.78 is 22.5. The van der Waals surface area contributed by atoms with E-state index >= 15 is 0 Å². The predicted octanol–water partition coefficient (Wildman–Crippen LogP) is 5.85. The molecule has 0 amide bonds. The van der Waals surface area contributed by atoms with Gasteiger partial charge in [0.05, 0.1) is 19.8 Å². The van der Waals surface area contributed by atoms with Crippen molar-refractivity contribution in [1.82, 2.24) is 0 Å². The van der Waals surface area contributed by atoms with Gasteiger partial charge in [-0.2, -0.15) is 0 Å². The summed E-state index contributed by atoms with van der Waals surface area (Å²) in [4.78, 5) is 22.2. The van der Waals surface area contributed by atoms with Crippen LogP contribution in [-0.4, -0.2) is 30.3 Å². The number of unbranched alkanes of at least 4 members (excludes halogenated alkanes) is 2. The van der Waals surface area contributed by atoms with Gasteiger partial charge in [-0.15, -0.1) is 24.7 Å². The third-order valence-electron chi connectivity index (χ3n) is 4.88. The summed E-state index contributed by atoms with van der Waals surface area (Å²) in [7, 11) is 0. The number of alkyl halides is 1. The highest BCUT2D eigenvalue weighted by Gasteiger charge is 2.14. The third-order valence-corrected chi connectivity index (χ3v) is 5.76. The SMILES string of the molecule is C#CCCCOc1cc(CI)cc(C)c1OC(C)=O.C#CCCCOc1cc(CO)cc(C)c1OC(C)=O. The molecular formula is C30H35IO7. The summed E-state index contributed by atoms with van der Waals surface area (Å²) in [6.07, 6.45) is 13.2. The fraction of sp³-hybridized carbons (Fsp3) is 0.400. The Labute approximate surface area is 239 Å². The van der Waals surface area contributed by atoms with Gasteiger partial charge in [-0.3, -0.25) is 9.59 Å². The van der Waals surface area contributed by atoms with Crippen LogP contribution in [0.5, 0.6) is 23.0 Å². The summed E-state index contributed by atoms with van der Waals surface area (Å²) in [6.45, 7) is 7.28. The Bertz CT molecular complexity index is 1070. The van der Waals surface area contributed by atoms with Gasteiger partial charge in [-0.25, -0.2) is 0 Å². The number of carbonyl (C=O) groups is 2. The zero-order valence-electron chi connectivity index (χ0n) is 22.4. The topological polar surface area (TPSA) is 91.3 Å². The van der Waals surface area contributed by atoms with E-state index in [0.29, 0.717) is 54.6 Å². The van der Waals surface area contributed by atoms with Crippen LogP contribution in [0.15, 0.2) is 24.3 Å². The highest BCUT2D eigenvalue weighted by atomic mass is 127. The van der Waals surface area contributed by atoms with Gasteiger partial charge in [-0.1, -0.05) is 28.7 Å². The van der Waals surface area contributed by atoms with Crippen LogP contribution < -0.4 is 18.9 Å². The fourth-order valence-electron chi connectivity index (χ4n) is 3.27. The predicted molar refractivity (Wildman–Crippen MR) is 156 cm³/mol. The van der Waals surface area contributed by atoms with Crippen molar-refractivity contribution in [3.8, 4) is 47.7 Å². The van der Waals surface area contributed by atoms with Crippen LogP contribution in [0.4, 0.5) is 0 Å². The van der Waals surface area contributed by atoms with Crippen LogP contribution in [0.2, 0.25) is 0 Å². The molecule has 7 nitrogen and oxygen atoms in total. The number of benzene rings is 2. The minimum Gasteiger partial charge on any atom is -0.490 e. The largest absolute Gasteiger partial charge is 0.490 e. The van der Waals surface area contributed by atoms with Gasteiger partial charge in [0, 0.05) is 31.1 Å². The number of hydrogen-bond acceptors (Lipinski definition) is 7. The number of hydrogen-bond donors (Lipinski definition) is 1. The number of aliphatic hydroxyl groups is 1. The Morgan fingerprint density at radius 1 is 0.816 bits per heavy atom. The van der Waals surface area contributed by atoms with Crippen LogP contribution in [-0.2, 0) is 20.6 Å². The van der Waals surface area contributed by atoms with E-state index < -0.39 is 5.97 Å². The van der Waals surface area contributed by atoms with E-state index in [4.69, 9.17) is 31.8 Å². The molecule has 0 aliphatic rings. The van der Waals surface area contributed by atoms with Crippen molar-refractivity contribution in [2.24, 2.45) is 0 Å². The highest BCUT2D eigenvalue weighted by molar-refractivity contribution is 14.1. The summed E-state index contributed by atoms with van der Waals surface area (Å²) in [5.74, 6) is 6.30. The first-order chi connectivity index (χ1) is 18.2.